The predicted octanol–water partition coefficient (Wildman–Crippen LogP) is 2.73. The van der Waals surface area contributed by atoms with Gasteiger partial charge in [0.2, 0.25) is 0 Å². The summed E-state index contributed by atoms with van der Waals surface area (Å²) in [5.74, 6) is 0. The molecule has 1 unspecified atom stereocenters. The van der Waals surface area contributed by atoms with E-state index in [0.29, 0.717) is 10.4 Å². The Labute approximate surface area is 98.1 Å². The average Bonchev–Trinajstić information content (AvgIpc) is 2.71. The number of thiophene rings is 1. The lowest BCUT2D eigenvalue weighted by molar-refractivity contribution is 0.476. The fourth-order valence-corrected chi connectivity index (χ4v) is 3.69. The van der Waals surface area contributed by atoms with E-state index in [0.717, 1.165) is 0 Å². The van der Waals surface area contributed by atoms with Gasteiger partial charge in [-0.15, -0.1) is 11.3 Å². The molecule has 0 aliphatic carbocycles. The van der Waals surface area contributed by atoms with Gasteiger partial charge in [0.1, 0.15) is 5.25 Å². The van der Waals surface area contributed by atoms with Gasteiger partial charge in [-0.2, -0.15) is 8.42 Å². The second-order valence-electron chi connectivity index (χ2n) is 3.32. The highest BCUT2D eigenvalue weighted by Crippen LogP contribution is 2.32. The molecule has 2 rings (SSSR count). The first kappa shape index (κ1) is 11.3. The van der Waals surface area contributed by atoms with Crippen LogP contribution in [-0.4, -0.2) is 13.0 Å². The van der Waals surface area contributed by atoms with Crippen molar-refractivity contribution in [3.05, 3.63) is 58.3 Å². The lowest BCUT2D eigenvalue weighted by Gasteiger charge is -2.12. The van der Waals surface area contributed by atoms with Crippen molar-refractivity contribution < 1.29 is 13.0 Å². The Morgan fingerprint density at radius 1 is 1.06 bits per heavy atom. The minimum Gasteiger partial charge on any atom is -0.285 e. The van der Waals surface area contributed by atoms with Gasteiger partial charge in [0.05, 0.1) is 0 Å². The summed E-state index contributed by atoms with van der Waals surface area (Å²) < 4.78 is 32.1. The van der Waals surface area contributed by atoms with Gasteiger partial charge < -0.3 is 0 Å². The molecule has 1 aromatic heterocycles. The molecule has 0 bridgehead atoms. The summed E-state index contributed by atoms with van der Waals surface area (Å²) in [6.07, 6.45) is 0. The maximum Gasteiger partial charge on any atom is 0.277 e. The van der Waals surface area contributed by atoms with Crippen LogP contribution in [0.15, 0.2) is 47.8 Å². The summed E-state index contributed by atoms with van der Waals surface area (Å²) >= 11 is 1.31. The summed E-state index contributed by atoms with van der Waals surface area (Å²) in [6, 6.07) is 12.2. The second kappa shape index (κ2) is 4.37. The molecule has 0 fully saturated rings. The molecule has 84 valence electrons. The van der Waals surface area contributed by atoms with Crippen molar-refractivity contribution in [3.8, 4) is 0 Å². The quantitative estimate of drug-likeness (QED) is 0.857. The van der Waals surface area contributed by atoms with Crippen molar-refractivity contribution in [2.24, 2.45) is 0 Å². The molecule has 3 nitrogen and oxygen atoms in total. The first-order valence-corrected chi connectivity index (χ1v) is 7.02. The Morgan fingerprint density at radius 3 is 2.25 bits per heavy atom. The Morgan fingerprint density at radius 2 is 1.75 bits per heavy atom. The maximum atomic E-state index is 11.4. The first-order valence-electron chi connectivity index (χ1n) is 4.63. The fraction of sp³-hybridized carbons (Fsp3) is 0.0909. The zero-order valence-corrected chi connectivity index (χ0v) is 9.91. The third kappa shape index (κ3) is 2.32. The molecule has 0 amide bonds. The van der Waals surface area contributed by atoms with Crippen LogP contribution in [0.5, 0.6) is 0 Å². The minimum atomic E-state index is -4.13. The fourth-order valence-electron chi connectivity index (χ4n) is 1.55. The smallest absolute Gasteiger partial charge is 0.277 e. The van der Waals surface area contributed by atoms with Gasteiger partial charge in [0, 0.05) is 4.88 Å². The topological polar surface area (TPSA) is 54.4 Å². The highest BCUT2D eigenvalue weighted by Gasteiger charge is 2.27. The monoisotopic (exact) mass is 254 g/mol. The van der Waals surface area contributed by atoms with Gasteiger partial charge in [-0.25, -0.2) is 0 Å². The van der Waals surface area contributed by atoms with E-state index in [1.165, 1.54) is 11.3 Å². The molecular formula is C11H10O3S2. The Hall–Kier alpha value is -1.17. The molecule has 1 heterocycles. The highest BCUT2D eigenvalue weighted by molar-refractivity contribution is 7.86. The molecule has 1 N–H and O–H groups in total. The van der Waals surface area contributed by atoms with Gasteiger partial charge in [0.25, 0.3) is 10.1 Å². The van der Waals surface area contributed by atoms with Crippen molar-refractivity contribution in [2.45, 2.75) is 5.25 Å². The third-order valence-electron chi connectivity index (χ3n) is 2.20. The molecule has 0 aliphatic heterocycles. The van der Waals surface area contributed by atoms with Gasteiger partial charge >= 0.3 is 0 Å². The van der Waals surface area contributed by atoms with Crippen molar-refractivity contribution in [2.75, 3.05) is 0 Å². The molecule has 5 heteroatoms. The first-order chi connectivity index (χ1) is 7.59. The van der Waals surface area contributed by atoms with E-state index in [1.807, 2.05) is 0 Å². The SMILES string of the molecule is O=S(=O)(O)C(c1ccccc1)c1cccs1. The molecule has 0 spiro atoms. The predicted molar refractivity (Wildman–Crippen MR) is 64.2 cm³/mol. The molecule has 1 atom stereocenters. The molecule has 0 saturated carbocycles. The molecule has 0 saturated heterocycles. The molecule has 1 aromatic carbocycles. The number of hydrogen-bond donors (Lipinski definition) is 1. The van der Waals surface area contributed by atoms with Crippen LogP contribution in [0.4, 0.5) is 0 Å². The largest absolute Gasteiger partial charge is 0.285 e. The van der Waals surface area contributed by atoms with Crippen molar-refractivity contribution in [3.63, 3.8) is 0 Å². The standard InChI is InChI=1S/C11H10O3S2/c12-16(13,14)11(10-7-4-8-15-10)9-5-2-1-3-6-9/h1-8,11H,(H,12,13,14). The van der Waals surface area contributed by atoms with Crippen LogP contribution < -0.4 is 0 Å². The second-order valence-corrected chi connectivity index (χ2v) is 5.80. The van der Waals surface area contributed by atoms with Crippen molar-refractivity contribution in [1.29, 1.82) is 0 Å². The maximum absolute atomic E-state index is 11.4. The van der Waals surface area contributed by atoms with Crippen molar-refractivity contribution in [1.82, 2.24) is 0 Å². The Bertz CT molecular complexity index is 544. The van der Waals surface area contributed by atoms with Crippen LogP contribution in [0.1, 0.15) is 15.7 Å². The van der Waals surface area contributed by atoms with Crippen LogP contribution in [0.25, 0.3) is 0 Å². The Balaban J connectivity index is 2.54. The Kier molecular flexibility index (Phi) is 3.09. The number of benzene rings is 1. The molecular weight excluding hydrogens is 244 g/mol. The van der Waals surface area contributed by atoms with E-state index >= 15 is 0 Å². The van der Waals surface area contributed by atoms with Crippen LogP contribution in [0.3, 0.4) is 0 Å². The normalized spacial score (nSPS) is 13.6. The zero-order valence-electron chi connectivity index (χ0n) is 8.28. The summed E-state index contributed by atoms with van der Waals surface area (Å²) in [5.41, 5.74) is 0.576. The third-order valence-corrected chi connectivity index (χ3v) is 4.41. The molecule has 2 aromatic rings. The summed E-state index contributed by atoms with van der Waals surface area (Å²) in [7, 11) is -4.13. The average molecular weight is 254 g/mol. The lowest BCUT2D eigenvalue weighted by atomic mass is 10.1. The van der Waals surface area contributed by atoms with E-state index in [2.05, 4.69) is 0 Å². The van der Waals surface area contributed by atoms with Crippen LogP contribution >= 0.6 is 11.3 Å². The number of hydrogen-bond acceptors (Lipinski definition) is 3. The van der Waals surface area contributed by atoms with Gasteiger partial charge in [0.15, 0.2) is 0 Å². The van der Waals surface area contributed by atoms with E-state index in [1.54, 1.807) is 47.8 Å². The van der Waals surface area contributed by atoms with E-state index in [4.69, 9.17) is 0 Å². The van der Waals surface area contributed by atoms with Crippen LogP contribution in [0, 0.1) is 0 Å². The minimum absolute atomic E-state index is 0.576. The van der Waals surface area contributed by atoms with Crippen LogP contribution in [0.2, 0.25) is 0 Å². The summed E-state index contributed by atoms with van der Waals surface area (Å²) in [4.78, 5) is 0.619. The molecule has 0 aliphatic rings. The van der Waals surface area contributed by atoms with Gasteiger partial charge in [-0.3, -0.25) is 4.55 Å². The summed E-state index contributed by atoms with van der Waals surface area (Å²) in [5, 5.41) is 0.810. The number of rotatable bonds is 3. The highest BCUT2D eigenvalue weighted by atomic mass is 32.2. The van der Waals surface area contributed by atoms with Crippen LogP contribution in [-0.2, 0) is 10.1 Å². The summed E-state index contributed by atoms with van der Waals surface area (Å²) in [6.45, 7) is 0. The molecule has 0 radical (unpaired) electrons. The van der Waals surface area contributed by atoms with E-state index in [-0.39, 0.29) is 0 Å². The van der Waals surface area contributed by atoms with Crippen molar-refractivity contribution >= 4 is 21.5 Å². The van der Waals surface area contributed by atoms with E-state index in [9.17, 15) is 13.0 Å². The zero-order chi connectivity index (χ0) is 11.6. The van der Waals surface area contributed by atoms with E-state index < -0.39 is 15.4 Å². The molecule has 16 heavy (non-hydrogen) atoms. The van der Waals surface area contributed by atoms with Gasteiger partial charge in [-0.05, 0) is 17.0 Å². The lowest BCUT2D eigenvalue weighted by Crippen LogP contribution is -2.12. The van der Waals surface area contributed by atoms with Gasteiger partial charge in [-0.1, -0.05) is 36.4 Å².